The van der Waals surface area contributed by atoms with E-state index in [2.05, 4.69) is 14.7 Å². The first-order chi connectivity index (χ1) is 16.6. The van der Waals surface area contributed by atoms with Crippen LogP contribution in [0.3, 0.4) is 0 Å². The number of imidazole rings is 1. The van der Waals surface area contributed by atoms with E-state index in [9.17, 15) is 18.0 Å². The van der Waals surface area contributed by atoms with Gasteiger partial charge in [0, 0.05) is 18.2 Å². The van der Waals surface area contributed by atoms with Gasteiger partial charge in [-0.15, -0.1) is 13.2 Å². The Labute approximate surface area is 200 Å². The Morgan fingerprint density at radius 1 is 1.09 bits per heavy atom. The van der Waals surface area contributed by atoms with Gasteiger partial charge in [-0.05, 0) is 56.0 Å². The van der Waals surface area contributed by atoms with Crippen LogP contribution in [0.1, 0.15) is 41.5 Å². The maximum atomic E-state index is 13.9. The Hall–Kier alpha value is -3.81. The monoisotopic (exact) mass is 479 g/mol. The fourth-order valence-electron chi connectivity index (χ4n) is 4.82. The topological polar surface area (TPSA) is 58.2 Å². The third-order valence-electron chi connectivity index (χ3n) is 6.57. The van der Waals surface area contributed by atoms with Gasteiger partial charge in [0.1, 0.15) is 11.6 Å². The number of ether oxygens (including phenoxy) is 1. The predicted octanol–water partition coefficient (Wildman–Crippen LogP) is 6.59. The Morgan fingerprint density at radius 2 is 1.86 bits per heavy atom. The van der Waals surface area contributed by atoms with Crippen molar-refractivity contribution in [3.8, 4) is 16.9 Å². The van der Waals surface area contributed by atoms with E-state index in [0.717, 1.165) is 23.1 Å². The van der Waals surface area contributed by atoms with Crippen LogP contribution in [0.2, 0.25) is 0 Å². The summed E-state index contributed by atoms with van der Waals surface area (Å²) in [7, 11) is 0. The van der Waals surface area contributed by atoms with Crippen LogP contribution in [-0.4, -0.2) is 33.7 Å². The second-order valence-electron chi connectivity index (χ2n) is 9.06. The van der Waals surface area contributed by atoms with E-state index in [1.54, 1.807) is 0 Å². The number of rotatable bonds is 4. The smallest absolute Gasteiger partial charge is 0.406 e. The summed E-state index contributed by atoms with van der Waals surface area (Å²) < 4.78 is 42.0. The minimum Gasteiger partial charge on any atom is -0.406 e. The molecule has 0 saturated carbocycles. The Morgan fingerprint density at radius 3 is 2.60 bits per heavy atom. The molecular formula is C27H24F3N3O2. The number of carbonyl (C=O) groups is 1. The zero-order valence-electron chi connectivity index (χ0n) is 19.3. The molecule has 0 aliphatic carbocycles. The number of nitrogens with one attached hydrogen (secondary N) is 1. The second kappa shape index (κ2) is 8.45. The van der Waals surface area contributed by atoms with E-state index >= 15 is 0 Å². The number of benzene rings is 3. The molecule has 1 amide bonds. The minimum absolute atomic E-state index is 0.106. The average molecular weight is 480 g/mol. The summed E-state index contributed by atoms with van der Waals surface area (Å²) >= 11 is 0. The lowest BCUT2D eigenvalue weighted by Gasteiger charge is -2.34. The van der Waals surface area contributed by atoms with Gasteiger partial charge in [-0.25, -0.2) is 4.98 Å². The summed E-state index contributed by atoms with van der Waals surface area (Å²) in [6, 6.07) is 19.6. The number of aromatic amines is 1. The highest BCUT2D eigenvalue weighted by Gasteiger charge is 2.44. The zero-order chi connectivity index (χ0) is 24.8. The van der Waals surface area contributed by atoms with Gasteiger partial charge < -0.3 is 14.6 Å². The quantitative estimate of drug-likeness (QED) is 0.359. The van der Waals surface area contributed by atoms with Crippen LogP contribution in [0.5, 0.6) is 5.75 Å². The molecule has 3 aromatic carbocycles. The van der Waals surface area contributed by atoms with E-state index in [4.69, 9.17) is 0 Å². The van der Waals surface area contributed by atoms with Crippen molar-refractivity contribution in [2.24, 2.45) is 0 Å². The van der Waals surface area contributed by atoms with E-state index in [0.29, 0.717) is 35.4 Å². The highest BCUT2D eigenvalue weighted by molar-refractivity contribution is 6.01. The molecule has 35 heavy (non-hydrogen) atoms. The van der Waals surface area contributed by atoms with Crippen LogP contribution >= 0.6 is 0 Å². The SMILES string of the molecule is Cc1ccc(C(=O)N2CCC[C@@]2(C)c2nc3ccc(OC(F)(F)F)cc3[nH]2)c(-c2ccccc2)c1. The van der Waals surface area contributed by atoms with Crippen LogP contribution in [0.15, 0.2) is 66.7 Å². The molecule has 2 heterocycles. The summed E-state index contributed by atoms with van der Waals surface area (Å²) in [4.78, 5) is 23.5. The summed E-state index contributed by atoms with van der Waals surface area (Å²) in [5.41, 5.74) is 3.67. The molecule has 1 aliphatic rings. The molecule has 1 N–H and O–H groups in total. The van der Waals surface area contributed by atoms with Gasteiger partial charge >= 0.3 is 6.36 Å². The van der Waals surface area contributed by atoms with Gasteiger partial charge in [0.15, 0.2) is 0 Å². The third-order valence-corrected chi connectivity index (χ3v) is 6.57. The molecule has 0 bridgehead atoms. The molecule has 5 rings (SSSR count). The fourth-order valence-corrected chi connectivity index (χ4v) is 4.82. The molecule has 5 nitrogen and oxygen atoms in total. The van der Waals surface area contributed by atoms with E-state index < -0.39 is 11.9 Å². The van der Waals surface area contributed by atoms with Crippen LogP contribution in [0.25, 0.3) is 22.2 Å². The number of halogens is 3. The Bertz CT molecular complexity index is 1400. The lowest BCUT2D eigenvalue weighted by Crippen LogP contribution is -2.43. The van der Waals surface area contributed by atoms with Gasteiger partial charge in [0.2, 0.25) is 0 Å². The molecule has 1 atom stereocenters. The molecule has 4 aromatic rings. The molecule has 8 heteroatoms. The first-order valence-electron chi connectivity index (χ1n) is 11.4. The van der Waals surface area contributed by atoms with Crippen molar-refractivity contribution in [2.75, 3.05) is 6.54 Å². The molecule has 1 saturated heterocycles. The molecule has 0 unspecified atom stereocenters. The first-order valence-corrected chi connectivity index (χ1v) is 11.4. The molecule has 180 valence electrons. The van der Waals surface area contributed by atoms with Gasteiger partial charge in [-0.1, -0.05) is 48.0 Å². The highest BCUT2D eigenvalue weighted by Crippen LogP contribution is 2.40. The summed E-state index contributed by atoms with van der Waals surface area (Å²) in [5, 5.41) is 0. The molecule has 0 spiro atoms. The van der Waals surface area contributed by atoms with Crippen molar-refractivity contribution >= 4 is 16.9 Å². The number of hydrogen-bond donors (Lipinski definition) is 1. The predicted molar refractivity (Wildman–Crippen MR) is 127 cm³/mol. The number of fused-ring (bicyclic) bond motifs is 1. The van der Waals surface area contributed by atoms with Crippen LogP contribution in [0.4, 0.5) is 13.2 Å². The Kier molecular flexibility index (Phi) is 5.54. The maximum Gasteiger partial charge on any atom is 0.573 e. The lowest BCUT2D eigenvalue weighted by atomic mass is 9.94. The van der Waals surface area contributed by atoms with Crippen molar-refractivity contribution in [2.45, 2.75) is 38.6 Å². The third kappa shape index (κ3) is 4.36. The number of H-pyrrole nitrogens is 1. The largest absolute Gasteiger partial charge is 0.573 e. The minimum atomic E-state index is -4.78. The molecular weight excluding hydrogens is 455 g/mol. The number of nitrogens with zero attached hydrogens (tertiary/aromatic N) is 2. The van der Waals surface area contributed by atoms with Crippen molar-refractivity contribution in [3.63, 3.8) is 0 Å². The normalized spacial score (nSPS) is 18.3. The number of carbonyl (C=O) groups excluding carboxylic acids is 1. The number of amides is 1. The molecule has 0 radical (unpaired) electrons. The van der Waals surface area contributed by atoms with Gasteiger partial charge in [-0.3, -0.25) is 4.79 Å². The van der Waals surface area contributed by atoms with Crippen LogP contribution < -0.4 is 4.74 Å². The van der Waals surface area contributed by atoms with Crippen molar-refractivity contribution in [1.29, 1.82) is 0 Å². The fraction of sp³-hybridized carbons (Fsp3) is 0.259. The van der Waals surface area contributed by atoms with E-state index in [-0.39, 0.29) is 11.7 Å². The zero-order valence-corrected chi connectivity index (χ0v) is 19.3. The van der Waals surface area contributed by atoms with Gasteiger partial charge in [-0.2, -0.15) is 0 Å². The second-order valence-corrected chi connectivity index (χ2v) is 9.06. The number of aryl methyl sites for hydroxylation is 1. The lowest BCUT2D eigenvalue weighted by molar-refractivity contribution is -0.274. The van der Waals surface area contributed by atoms with Crippen molar-refractivity contribution in [3.05, 3.63) is 83.7 Å². The Balaban J connectivity index is 1.52. The average Bonchev–Trinajstić information content (AvgIpc) is 3.42. The number of likely N-dealkylation sites (tertiary alicyclic amines) is 1. The molecule has 1 aliphatic heterocycles. The van der Waals surface area contributed by atoms with Crippen molar-refractivity contribution in [1.82, 2.24) is 14.9 Å². The number of aromatic nitrogens is 2. The van der Waals surface area contributed by atoms with Gasteiger partial charge in [0.25, 0.3) is 5.91 Å². The molecule has 1 aromatic heterocycles. The molecule has 1 fully saturated rings. The summed E-state index contributed by atoms with van der Waals surface area (Å²) in [6.07, 6.45) is -3.31. The highest BCUT2D eigenvalue weighted by atomic mass is 19.4. The van der Waals surface area contributed by atoms with E-state index in [1.165, 1.54) is 18.2 Å². The summed E-state index contributed by atoms with van der Waals surface area (Å²) in [5.74, 6) is 0.109. The first kappa shape index (κ1) is 23.0. The number of hydrogen-bond acceptors (Lipinski definition) is 3. The standard InChI is InChI=1S/C27H24F3N3O2/c1-17-9-11-20(21(15-17)18-7-4-3-5-8-18)24(34)33-14-6-13-26(33,2)25-31-22-12-10-19(16-23(22)32-25)35-27(28,29)30/h3-5,7-12,15-16H,6,13-14H2,1-2H3,(H,31,32)/t26-/m0/s1. The van der Waals surface area contributed by atoms with E-state index in [1.807, 2.05) is 67.3 Å². The van der Waals surface area contributed by atoms with Gasteiger partial charge in [0.05, 0.1) is 16.6 Å². The maximum absolute atomic E-state index is 13.9. The van der Waals surface area contributed by atoms with Crippen LogP contribution in [0, 0.1) is 6.92 Å². The number of alkyl halides is 3. The summed E-state index contributed by atoms with van der Waals surface area (Å²) in [6.45, 7) is 4.49. The van der Waals surface area contributed by atoms with Crippen molar-refractivity contribution < 1.29 is 22.7 Å². The van der Waals surface area contributed by atoms with Crippen LogP contribution in [-0.2, 0) is 5.54 Å².